The molecule has 34 heavy (non-hydrogen) atoms. The molecule has 0 aliphatic carbocycles. The van der Waals surface area contributed by atoms with Crippen molar-refractivity contribution in [3.05, 3.63) is 54.5 Å². The number of aromatic nitrogens is 7. The largest absolute Gasteiger partial charge is 0.496 e. The van der Waals surface area contributed by atoms with Crippen molar-refractivity contribution in [3.8, 4) is 22.8 Å². The third-order valence-corrected chi connectivity index (χ3v) is 6.59. The van der Waals surface area contributed by atoms with Crippen LogP contribution >= 0.6 is 0 Å². The van der Waals surface area contributed by atoms with E-state index in [-0.39, 0.29) is 0 Å². The van der Waals surface area contributed by atoms with Crippen molar-refractivity contribution in [3.63, 3.8) is 0 Å². The smallest absolute Gasteiger partial charge is 0.156 e. The van der Waals surface area contributed by atoms with E-state index in [1.54, 1.807) is 19.5 Å². The predicted octanol–water partition coefficient (Wildman–Crippen LogP) is 3.98. The van der Waals surface area contributed by atoms with Crippen molar-refractivity contribution in [2.45, 2.75) is 25.7 Å². The van der Waals surface area contributed by atoms with E-state index >= 15 is 0 Å². The molecule has 1 saturated heterocycles. The summed E-state index contributed by atoms with van der Waals surface area (Å²) in [7, 11) is 3.66. The van der Waals surface area contributed by atoms with Gasteiger partial charge in [0, 0.05) is 55.7 Å². The van der Waals surface area contributed by atoms with Crippen LogP contribution in [0.25, 0.3) is 39.0 Å². The Morgan fingerprint density at radius 2 is 1.94 bits per heavy atom. The van der Waals surface area contributed by atoms with E-state index in [1.807, 2.05) is 47.9 Å². The Bertz CT molecular complexity index is 1520. The Morgan fingerprint density at radius 1 is 1.09 bits per heavy atom. The minimum absolute atomic E-state index is 0.312. The number of imidazole rings is 1. The number of aryl methyl sites for hydroxylation is 2. The Hall–Kier alpha value is -3.85. The molecule has 9 heteroatoms. The van der Waals surface area contributed by atoms with Crippen LogP contribution in [0.1, 0.15) is 30.1 Å². The second-order valence-electron chi connectivity index (χ2n) is 8.63. The summed E-state index contributed by atoms with van der Waals surface area (Å²) >= 11 is 0. The van der Waals surface area contributed by atoms with Gasteiger partial charge in [-0.25, -0.2) is 14.6 Å². The van der Waals surface area contributed by atoms with Gasteiger partial charge < -0.3 is 14.0 Å². The molecule has 0 aromatic carbocycles. The zero-order valence-corrected chi connectivity index (χ0v) is 19.4. The van der Waals surface area contributed by atoms with Gasteiger partial charge in [-0.2, -0.15) is 5.10 Å². The second kappa shape index (κ2) is 8.18. The lowest BCUT2D eigenvalue weighted by atomic mass is 9.95. The van der Waals surface area contributed by atoms with Gasteiger partial charge in [0.05, 0.1) is 47.6 Å². The first-order chi connectivity index (χ1) is 16.6. The molecule has 0 amide bonds. The van der Waals surface area contributed by atoms with Gasteiger partial charge in [-0.15, -0.1) is 0 Å². The summed E-state index contributed by atoms with van der Waals surface area (Å²) < 4.78 is 15.1. The van der Waals surface area contributed by atoms with Gasteiger partial charge in [-0.3, -0.25) is 9.97 Å². The zero-order valence-electron chi connectivity index (χ0n) is 19.4. The fourth-order valence-corrected chi connectivity index (χ4v) is 4.75. The van der Waals surface area contributed by atoms with Crippen molar-refractivity contribution >= 4 is 21.9 Å². The Labute approximate surface area is 196 Å². The second-order valence-corrected chi connectivity index (χ2v) is 8.63. The van der Waals surface area contributed by atoms with Crippen LogP contribution in [0.3, 0.4) is 0 Å². The van der Waals surface area contributed by atoms with E-state index in [0.29, 0.717) is 5.92 Å². The highest BCUT2D eigenvalue weighted by Gasteiger charge is 2.23. The minimum atomic E-state index is 0.312. The Kier molecular flexibility index (Phi) is 4.99. The third kappa shape index (κ3) is 3.31. The Balaban J connectivity index is 1.56. The summed E-state index contributed by atoms with van der Waals surface area (Å²) in [6.45, 7) is 3.49. The number of hydrogen-bond acceptors (Lipinski definition) is 7. The average molecular weight is 456 g/mol. The van der Waals surface area contributed by atoms with E-state index in [0.717, 1.165) is 82.2 Å². The molecule has 1 aliphatic heterocycles. The molecule has 172 valence electrons. The third-order valence-electron chi connectivity index (χ3n) is 6.59. The van der Waals surface area contributed by atoms with E-state index in [4.69, 9.17) is 24.5 Å². The molecule has 0 spiro atoms. The quantitative estimate of drug-likeness (QED) is 0.405. The lowest BCUT2D eigenvalue weighted by molar-refractivity contribution is 0.0848. The summed E-state index contributed by atoms with van der Waals surface area (Å²) in [5.74, 6) is 1.80. The predicted molar refractivity (Wildman–Crippen MR) is 128 cm³/mol. The maximum atomic E-state index is 5.59. The van der Waals surface area contributed by atoms with Gasteiger partial charge in [0.1, 0.15) is 11.3 Å². The zero-order chi connectivity index (χ0) is 23.2. The first-order valence-electron chi connectivity index (χ1n) is 11.4. The summed E-state index contributed by atoms with van der Waals surface area (Å²) in [4.78, 5) is 18.9. The van der Waals surface area contributed by atoms with Crippen LogP contribution in [0.15, 0.2) is 43.1 Å². The van der Waals surface area contributed by atoms with Crippen molar-refractivity contribution in [1.82, 2.24) is 34.3 Å². The molecule has 0 atom stereocenters. The van der Waals surface area contributed by atoms with Gasteiger partial charge in [0.25, 0.3) is 0 Å². The summed E-state index contributed by atoms with van der Waals surface area (Å²) in [6.07, 6.45) is 9.07. The van der Waals surface area contributed by atoms with E-state index in [2.05, 4.69) is 16.0 Å². The van der Waals surface area contributed by atoms with Crippen LogP contribution in [-0.2, 0) is 11.8 Å². The van der Waals surface area contributed by atoms with Crippen LogP contribution in [-0.4, -0.2) is 54.6 Å². The van der Waals surface area contributed by atoms with Crippen LogP contribution < -0.4 is 4.74 Å². The van der Waals surface area contributed by atoms with Crippen molar-refractivity contribution in [2.24, 2.45) is 7.05 Å². The SMILES string of the molecule is COc1ccncc1-c1cc2c(cnn2-c2cc3c(ncn3C)c(C3CCOCC3)n2)c(C)n1. The van der Waals surface area contributed by atoms with E-state index in [9.17, 15) is 0 Å². The number of ether oxygens (including phenoxy) is 2. The lowest BCUT2D eigenvalue weighted by Crippen LogP contribution is -2.16. The molecule has 0 saturated carbocycles. The van der Waals surface area contributed by atoms with Crippen LogP contribution in [0.2, 0.25) is 0 Å². The standard InChI is InChI=1S/C25H25N7O2/c1-15-17-13-28-32(20(17)10-19(29-15)18-12-26-7-4-22(18)33-3)23-11-21-25(27-14-31(21)2)24(30-23)16-5-8-34-9-6-16/h4,7,10-14,16H,5-6,8-9H2,1-3H3. The molecular formula is C25H25N7O2. The molecule has 6 heterocycles. The topological polar surface area (TPSA) is 92.8 Å². The van der Waals surface area contributed by atoms with Crippen molar-refractivity contribution < 1.29 is 9.47 Å². The lowest BCUT2D eigenvalue weighted by Gasteiger charge is -2.22. The highest BCUT2D eigenvalue weighted by Crippen LogP contribution is 2.34. The molecule has 5 aromatic heterocycles. The first-order valence-corrected chi connectivity index (χ1v) is 11.4. The highest BCUT2D eigenvalue weighted by molar-refractivity contribution is 5.87. The Morgan fingerprint density at radius 3 is 2.76 bits per heavy atom. The molecule has 9 nitrogen and oxygen atoms in total. The van der Waals surface area contributed by atoms with Gasteiger partial charge in [0.15, 0.2) is 5.82 Å². The van der Waals surface area contributed by atoms with Crippen molar-refractivity contribution in [2.75, 3.05) is 20.3 Å². The minimum Gasteiger partial charge on any atom is -0.496 e. The average Bonchev–Trinajstić information content (AvgIpc) is 3.48. The summed E-state index contributed by atoms with van der Waals surface area (Å²) in [6, 6.07) is 5.92. The summed E-state index contributed by atoms with van der Waals surface area (Å²) in [5.41, 5.74) is 6.43. The maximum absolute atomic E-state index is 5.59. The van der Waals surface area contributed by atoms with E-state index < -0.39 is 0 Å². The fourth-order valence-electron chi connectivity index (χ4n) is 4.75. The molecule has 0 unspecified atom stereocenters. The number of rotatable bonds is 4. The number of hydrogen-bond donors (Lipinski definition) is 0. The normalized spacial score (nSPS) is 14.8. The fraction of sp³-hybridized carbons (Fsp3) is 0.320. The van der Waals surface area contributed by atoms with Crippen LogP contribution in [0, 0.1) is 6.92 Å². The van der Waals surface area contributed by atoms with Crippen LogP contribution in [0.4, 0.5) is 0 Å². The molecular weight excluding hydrogens is 430 g/mol. The molecule has 0 radical (unpaired) electrons. The maximum Gasteiger partial charge on any atom is 0.156 e. The molecule has 1 fully saturated rings. The van der Waals surface area contributed by atoms with Crippen molar-refractivity contribution in [1.29, 1.82) is 0 Å². The highest BCUT2D eigenvalue weighted by atomic mass is 16.5. The van der Waals surface area contributed by atoms with Gasteiger partial charge in [0.2, 0.25) is 0 Å². The van der Waals surface area contributed by atoms with E-state index in [1.165, 1.54) is 0 Å². The number of nitrogens with zero attached hydrogens (tertiary/aromatic N) is 7. The van der Waals surface area contributed by atoms with Crippen LogP contribution in [0.5, 0.6) is 5.75 Å². The molecule has 6 rings (SSSR count). The van der Waals surface area contributed by atoms with Gasteiger partial charge in [-0.1, -0.05) is 0 Å². The molecule has 0 bridgehead atoms. The van der Waals surface area contributed by atoms with Gasteiger partial charge in [-0.05, 0) is 31.9 Å². The molecule has 0 N–H and O–H groups in total. The molecule has 1 aliphatic rings. The first kappa shape index (κ1) is 20.7. The molecule has 5 aromatic rings. The van der Waals surface area contributed by atoms with Gasteiger partial charge >= 0.3 is 0 Å². The number of pyridine rings is 3. The monoisotopic (exact) mass is 455 g/mol. The number of methoxy groups -OCH3 is 1. The summed E-state index contributed by atoms with van der Waals surface area (Å²) in [5, 5.41) is 5.70. The number of fused-ring (bicyclic) bond motifs is 2.